The molecule has 2 heterocycles. The van der Waals surface area contributed by atoms with Crippen LogP contribution in [-0.2, 0) is 35.9 Å². The first-order chi connectivity index (χ1) is 10.8. The van der Waals surface area contributed by atoms with E-state index in [1.165, 1.54) is 0 Å². The fourth-order valence-corrected chi connectivity index (χ4v) is 2.57. The second-order valence-corrected chi connectivity index (χ2v) is 5.53. The maximum absolute atomic E-state index is 9.94. The Hall–Kier alpha value is 0.274. The predicted octanol–water partition coefficient (Wildman–Crippen LogP) is -5.40. The quantitative estimate of drug-likeness (QED) is 0.214. The van der Waals surface area contributed by atoms with Gasteiger partial charge in [-0.2, -0.15) is 0 Å². The first kappa shape index (κ1) is 22.3. The van der Waals surface area contributed by atoms with Crippen molar-refractivity contribution in [2.45, 2.75) is 61.4 Å². The van der Waals surface area contributed by atoms with E-state index >= 15 is 0 Å². The third-order valence-electron chi connectivity index (χ3n) is 3.98. The molecule has 0 spiro atoms. The minimum atomic E-state index is -1.74. The van der Waals surface area contributed by atoms with Crippen LogP contribution in [0.5, 0.6) is 0 Å². The van der Waals surface area contributed by atoms with Crippen molar-refractivity contribution in [1.82, 2.24) is 0 Å². The maximum atomic E-state index is 9.94. The molecule has 0 unspecified atom stereocenters. The zero-order valence-electron chi connectivity index (χ0n) is 12.5. The van der Waals surface area contributed by atoms with Crippen LogP contribution in [0.4, 0.5) is 0 Å². The summed E-state index contributed by atoms with van der Waals surface area (Å²) < 4.78 is 15.3. The van der Waals surface area contributed by atoms with Crippen molar-refractivity contribution in [3.05, 3.63) is 0 Å². The summed E-state index contributed by atoms with van der Waals surface area (Å²) in [5.41, 5.74) is 0. The van der Waals surface area contributed by atoms with Crippen molar-refractivity contribution in [1.29, 1.82) is 0 Å². The number of aliphatic hydroxyl groups excluding tert-OH is 8. The molecule has 11 nitrogen and oxygen atoms in total. The number of rotatable bonds is 4. The van der Waals surface area contributed by atoms with Crippen molar-refractivity contribution < 1.29 is 76.8 Å². The van der Waals surface area contributed by atoms with Crippen LogP contribution >= 0.6 is 0 Å². The van der Waals surface area contributed by atoms with E-state index < -0.39 is 74.6 Å². The van der Waals surface area contributed by atoms with Gasteiger partial charge in [0.15, 0.2) is 12.6 Å². The molecule has 24 heavy (non-hydrogen) atoms. The summed E-state index contributed by atoms with van der Waals surface area (Å²) in [6.45, 7) is -1.35. The van der Waals surface area contributed by atoms with Crippen LogP contribution in [0.25, 0.3) is 0 Å². The van der Waals surface area contributed by atoms with Crippen molar-refractivity contribution in [3.63, 3.8) is 0 Å². The van der Waals surface area contributed by atoms with Gasteiger partial charge in [-0.1, -0.05) is 0 Å². The van der Waals surface area contributed by atoms with Gasteiger partial charge in [0, 0.05) is 21.7 Å². The molecule has 0 bridgehead atoms. The van der Waals surface area contributed by atoms with Gasteiger partial charge in [-0.05, 0) is 0 Å². The molecule has 0 radical (unpaired) electrons. The monoisotopic (exact) mass is 390 g/mol. The second-order valence-electron chi connectivity index (χ2n) is 5.53. The molecule has 12 heteroatoms. The van der Waals surface area contributed by atoms with Crippen molar-refractivity contribution in [2.24, 2.45) is 0 Å². The Balaban J connectivity index is 0.00000288. The van der Waals surface area contributed by atoms with Crippen LogP contribution in [0.15, 0.2) is 0 Å². The van der Waals surface area contributed by atoms with E-state index in [-0.39, 0.29) is 21.7 Å². The van der Waals surface area contributed by atoms with E-state index in [0.717, 1.165) is 0 Å². The summed E-state index contributed by atoms with van der Waals surface area (Å²) >= 11 is 0. The van der Waals surface area contributed by atoms with Gasteiger partial charge in [0.25, 0.3) is 0 Å². The van der Waals surface area contributed by atoms with Gasteiger partial charge in [-0.15, -0.1) is 0 Å². The molecule has 10 atom stereocenters. The van der Waals surface area contributed by atoms with Gasteiger partial charge in [-0.25, -0.2) is 0 Å². The third kappa shape index (κ3) is 4.33. The van der Waals surface area contributed by atoms with Crippen LogP contribution in [0.2, 0.25) is 0 Å². The smallest absolute Gasteiger partial charge is 0.187 e. The first-order valence-electron chi connectivity index (χ1n) is 7.08. The summed E-state index contributed by atoms with van der Waals surface area (Å²) in [4.78, 5) is 0. The standard InChI is InChI=1S/C12H22O11.Ti/c13-1-3-5(15)6(16)9(19)12(22-3)23-10-4(2-14)21-11(20)8(18)7(10)17;/h3-20H,1-2H2;/t3-,4-,5+,6+,7-,8-,9-,10-,11-,12+;/m1./s1. The molecule has 2 saturated heterocycles. The van der Waals surface area contributed by atoms with E-state index in [0.29, 0.717) is 0 Å². The Morgan fingerprint density at radius 1 is 0.667 bits per heavy atom. The molecular formula is C12H22O11Ti. The van der Waals surface area contributed by atoms with E-state index in [1.54, 1.807) is 0 Å². The minimum Gasteiger partial charge on any atom is -0.394 e. The number of aliphatic hydroxyl groups is 8. The Bertz CT molecular complexity index is 384. The molecule has 0 saturated carbocycles. The zero-order valence-corrected chi connectivity index (χ0v) is 14.1. The molecule has 0 aromatic heterocycles. The number of hydrogen-bond acceptors (Lipinski definition) is 11. The van der Waals surface area contributed by atoms with Crippen molar-refractivity contribution >= 4 is 0 Å². The molecule has 0 amide bonds. The number of ether oxygens (including phenoxy) is 3. The number of hydrogen-bond donors (Lipinski definition) is 8. The molecule has 2 fully saturated rings. The SMILES string of the molecule is OC[C@H]1O[C@@H](O[C@H]2[C@H](O)[C@@H](O)[C@H](O)O[C@@H]2CO)[C@H](O)[C@@H](O)[C@H]1O.[Ti]. The fourth-order valence-electron chi connectivity index (χ4n) is 2.57. The molecule has 2 aliphatic heterocycles. The molecule has 140 valence electrons. The van der Waals surface area contributed by atoms with E-state index in [1.807, 2.05) is 0 Å². The summed E-state index contributed by atoms with van der Waals surface area (Å²) in [5.74, 6) is 0. The van der Waals surface area contributed by atoms with Crippen molar-refractivity contribution in [3.8, 4) is 0 Å². The Labute approximate surface area is 151 Å². The van der Waals surface area contributed by atoms with Gasteiger partial charge in [0.1, 0.15) is 48.8 Å². The Kier molecular flexibility index (Phi) is 8.63. The van der Waals surface area contributed by atoms with E-state index in [4.69, 9.17) is 19.3 Å². The third-order valence-corrected chi connectivity index (χ3v) is 3.98. The van der Waals surface area contributed by atoms with Crippen LogP contribution in [0, 0.1) is 0 Å². The molecule has 2 rings (SSSR count). The van der Waals surface area contributed by atoms with Gasteiger partial charge >= 0.3 is 0 Å². The molecule has 8 N–H and O–H groups in total. The summed E-state index contributed by atoms with van der Waals surface area (Å²) in [5, 5.41) is 76.5. The van der Waals surface area contributed by atoms with E-state index in [9.17, 15) is 35.7 Å². The van der Waals surface area contributed by atoms with Gasteiger partial charge in [0.05, 0.1) is 13.2 Å². The van der Waals surface area contributed by atoms with E-state index in [2.05, 4.69) is 0 Å². The largest absolute Gasteiger partial charge is 0.394 e. The minimum absolute atomic E-state index is 0. The fraction of sp³-hybridized carbons (Fsp3) is 1.00. The first-order valence-corrected chi connectivity index (χ1v) is 7.08. The van der Waals surface area contributed by atoms with Crippen LogP contribution < -0.4 is 0 Å². The topological polar surface area (TPSA) is 190 Å². The molecule has 0 aromatic rings. The summed E-state index contributed by atoms with van der Waals surface area (Å²) in [6, 6.07) is 0. The molecular weight excluding hydrogens is 368 g/mol. The van der Waals surface area contributed by atoms with Crippen LogP contribution in [0.3, 0.4) is 0 Å². The zero-order chi connectivity index (χ0) is 17.3. The average Bonchev–Trinajstić information content (AvgIpc) is 2.55. The summed E-state index contributed by atoms with van der Waals surface area (Å²) in [7, 11) is 0. The average molecular weight is 390 g/mol. The maximum Gasteiger partial charge on any atom is 0.187 e. The molecule has 2 aliphatic rings. The molecule has 0 aromatic carbocycles. The van der Waals surface area contributed by atoms with Gasteiger partial charge in [-0.3, -0.25) is 0 Å². The van der Waals surface area contributed by atoms with Crippen LogP contribution in [0.1, 0.15) is 0 Å². The van der Waals surface area contributed by atoms with Crippen molar-refractivity contribution in [2.75, 3.05) is 13.2 Å². The Morgan fingerprint density at radius 2 is 1.25 bits per heavy atom. The molecule has 0 aliphatic carbocycles. The van der Waals surface area contributed by atoms with Crippen LogP contribution in [-0.4, -0.2) is 115 Å². The van der Waals surface area contributed by atoms with Gasteiger partial charge < -0.3 is 55.1 Å². The normalized spacial score (nSPS) is 49.5. The van der Waals surface area contributed by atoms with Gasteiger partial charge in [0.2, 0.25) is 0 Å². The second kappa shape index (κ2) is 9.28. The summed E-state index contributed by atoms with van der Waals surface area (Å²) in [6.07, 6.45) is -15.6. The Morgan fingerprint density at radius 3 is 1.79 bits per heavy atom. The predicted molar refractivity (Wildman–Crippen MR) is 68.6 cm³/mol.